The number of carbonyl (C=O) groups is 1. The highest BCUT2D eigenvalue weighted by Gasteiger charge is 2.41. The van der Waals surface area contributed by atoms with Crippen LogP contribution >= 0.6 is 23.4 Å². The van der Waals surface area contributed by atoms with Crippen LogP contribution in [0.4, 0.5) is 0 Å². The first-order valence-electron chi connectivity index (χ1n) is 6.64. The van der Waals surface area contributed by atoms with Gasteiger partial charge in [0.05, 0.1) is 0 Å². The number of nitrogens with one attached hydrogen (secondary N) is 1. The van der Waals surface area contributed by atoms with Crippen LogP contribution in [0.5, 0.6) is 0 Å². The molecule has 0 radical (unpaired) electrons. The van der Waals surface area contributed by atoms with Crippen molar-refractivity contribution in [3.8, 4) is 0 Å². The van der Waals surface area contributed by atoms with E-state index in [1.54, 1.807) is 0 Å². The van der Waals surface area contributed by atoms with E-state index < -0.39 is 0 Å². The normalized spacial score (nSPS) is 23.4. The molecule has 2 aliphatic rings. The van der Waals surface area contributed by atoms with E-state index in [1.165, 1.54) is 37.2 Å². The molecule has 17 heavy (non-hydrogen) atoms. The summed E-state index contributed by atoms with van der Waals surface area (Å²) >= 11 is 7.80. The van der Waals surface area contributed by atoms with Gasteiger partial charge in [-0.1, -0.05) is 0 Å². The molecule has 0 atom stereocenters. The zero-order valence-electron chi connectivity index (χ0n) is 10.3. The van der Waals surface area contributed by atoms with E-state index in [0.29, 0.717) is 11.3 Å². The Morgan fingerprint density at radius 3 is 2.65 bits per heavy atom. The standard InChI is InChI=1S/C13H22ClNOS/c14-6-5-13(3-4-13)10-15-12(16)9-11-1-7-17-8-2-11/h11H,1-10H2,(H,15,16). The number of hydrogen-bond acceptors (Lipinski definition) is 2. The van der Waals surface area contributed by atoms with Crippen molar-refractivity contribution in [1.29, 1.82) is 0 Å². The van der Waals surface area contributed by atoms with Crippen LogP contribution in [0.15, 0.2) is 0 Å². The predicted molar refractivity (Wildman–Crippen MR) is 74.7 cm³/mol. The van der Waals surface area contributed by atoms with Crippen LogP contribution in [0.25, 0.3) is 0 Å². The molecule has 1 aliphatic heterocycles. The second-order valence-electron chi connectivity index (χ2n) is 5.48. The minimum atomic E-state index is 0.253. The fourth-order valence-corrected chi connectivity index (χ4v) is 4.07. The summed E-state index contributed by atoms with van der Waals surface area (Å²) in [7, 11) is 0. The molecule has 0 spiro atoms. The Balaban J connectivity index is 1.63. The molecule has 4 heteroatoms. The Kier molecular flexibility index (Phi) is 5.04. The van der Waals surface area contributed by atoms with E-state index in [4.69, 9.17) is 11.6 Å². The fraction of sp³-hybridized carbons (Fsp3) is 0.923. The molecule has 0 aromatic carbocycles. The first-order chi connectivity index (χ1) is 8.24. The highest BCUT2D eigenvalue weighted by atomic mass is 35.5. The molecule has 0 unspecified atom stereocenters. The van der Waals surface area contributed by atoms with Gasteiger partial charge in [0.15, 0.2) is 0 Å². The van der Waals surface area contributed by atoms with Gasteiger partial charge < -0.3 is 5.32 Å². The van der Waals surface area contributed by atoms with E-state index in [1.807, 2.05) is 11.8 Å². The molecule has 1 saturated carbocycles. The van der Waals surface area contributed by atoms with Crippen LogP contribution in [0, 0.1) is 11.3 Å². The second-order valence-corrected chi connectivity index (χ2v) is 7.08. The molecule has 1 saturated heterocycles. The summed E-state index contributed by atoms with van der Waals surface area (Å²) < 4.78 is 0. The third kappa shape index (κ3) is 4.36. The molecule has 1 amide bonds. The van der Waals surface area contributed by atoms with Crippen LogP contribution in [0.3, 0.4) is 0 Å². The molecule has 0 bridgehead atoms. The lowest BCUT2D eigenvalue weighted by molar-refractivity contribution is -0.122. The lowest BCUT2D eigenvalue weighted by Crippen LogP contribution is -2.32. The van der Waals surface area contributed by atoms with Gasteiger partial charge in [-0.15, -0.1) is 11.6 Å². The molecule has 1 N–H and O–H groups in total. The third-order valence-electron chi connectivity index (χ3n) is 4.06. The summed E-state index contributed by atoms with van der Waals surface area (Å²) in [6, 6.07) is 0. The van der Waals surface area contributed by atoms with Crippen LogP contribution in [-0.2, 0) is 4.79 Å². The summed E-state index contributed by atoms with van der Waals surface area (Å²) in [6.07, 6.45) is 6.68. The van der Waals surface area contributed by atoms with Gasteiger partial charge in [0.2, 0.25) is 5.91 Å². The maximum Gasteiger partial charge on any atom is 0.220 e. The van der Waals surface area contributed by atoms with E-state index in [-0.39, 0.29) is 5.91 Å². The molecule has 2 fully saturated rings. The first kappa shape index (κ1) is 13.5. The van der Waals surface area contributed by atoms with Crippen molar-refractivity contribution in [1.82, 2.24) is 5.32 Å². The zero-order valence-corrected chi connectivity index (χ0v) is 11.9. The summed E-state index contributed by atoms with van der Waals surface area (Å²) in [4.78, 5) is 11.8. The Morgan fingerprint density at radius 1 is 1.35 bits per heavy atom. The zero-order chi connectivity index (χ0) is 12.1. The van der Waals surface area contributed by atoms with Crippen LogP contribution in [-0.4, -0.2) is 29.8 Å². The number of halogens is 1. The largest absolute Gasteiger partial charge is 0.356 e. The van der Waals surface area contributed by atoms with Gasteiger partial charge in [0.1, 0.15) is 0 Å². The lowest BCUT2D eigenvalue weighted by Gasteiger charge is -2.21. The Bertz CT molecular complexity index is 262. The molecule has 0 aromatic rings. The topological polar surface area (TPSA) is 29.1 Å². The fourth-order valence-electron chi connectivity index (χ4n) is 2.46. The third-order valence-corrected chi connectivity index (χ3v) is 5.30. The Hall–Kier alpha value is 0.110. The van der Waals surface area contributed by atoms with Gasteiger partial charge >= 0.3 is 0 Å². The average Bonchev–Trinajstić information content (AvgIpc) is 3.09. The van der Waals surface area contributed by atoms with Gasteiger partial charge in [0, 0.05) is 18.8 Å². The number of carbonyl (C=O) groups excluding carboxylic acids is 1. The number of alkyl halides is 1. The van der Waals surface area contributed by atoms with Crippen LogP contribution in [0.1, 0.15) is 38.5 Å². The van der Waals surface area contributed by atoms with E-state index in [2.05, 4.69) is 5.32 Å². The highest BCUT2D eigenvalue weighted by Crippen LogP contribution is 2.48. The van der Waals surface area contributed by atoms with Crippen LogP contribution in [0.2, 0.25) is 0 Å². The van der Waals surface area contributed by atoms with Crippen molar-refractivity contribution in [3.63, 3.8) is 0 Å². The average molecular weight is 276 g/mol. The van der Waals surface area contributed by atoms with Gasteiger partial charge in [0.25, 0.3) is 0 Å². The van der Waals surface area contributed by atoms with Crippen molar-refractivity contribution in [2.24, 2.45) is 11.3 Å². The van der Waals surface area contributed by atoms with Gasteiger partial charge in [-0.3, -0.25) is 4.79 Å². The number of rotatable bonds is 6. The molecule has 98 valence electrons. The lowest BCUT2D eigenvalue weighted by atomic mass is 9.98. The number of hydrogen-bond donors (Lipinski definition) is 1. The van der Waals surface area contributed by atoms with Gasteiger partial charge in [-0.05, 0) is 54.9 Å². The monoisotopic (exact) mass is 275 g/mol. The predicted octanol–water partition coefficient (Wildman–Crippen LogP) is 3.05. The van der Waals surface area contributed by atoms with Gasteiger partial charge in [-0.25, -0.2) is 0 Å². The first-order valence-corrected chi connectivity index (χ1v) is 8.33. The van der Waals surface area contributed by atoms with Crippen molar-refractivity contribution >= 4 is 29.3 Å². The molecule has 0 aromatic heterocycles. The summed E-state index contributed by atoms with van der Waals surface area (Å²) in [6.45, 7) is 0.847. The number of amides is 1. The summed E-state index contributed by atoms with van der Waals surface area (Å²) in [5.74, 6) is 4.06. The van der Waals surface area contributed by atoms with Crippen molar-refractivity contribution in [2.75, 3.05) is 23.9 Å². The molecule has 2 rings (SSSR count). The maximum atomic E-state index is 11.8. The van der Waals surface area contributed by atoms with Crippen LogP contribution < -0.4 is 5.32 Å². The highest BCUT2D eigenvalue weighted by molar-refractivity contribution is 7.99. The summed E-state index contributed by atoms with van der Waals surface area (Å²) in [5, 5.41) is 3.11. The quantitative estimate of drug-likeness (QED) is 0.755. The molecule has 1 aliphatic carbocycles. The van der Waals surface area contributed by atoms with Crippen molar-refractivity contribution in [2.45, 2.75) is 38.5 Å². The van der Waals surface area contributed by atoms with E-state index >= 15 is 0 Å². The van der Waals surface area contributed by atoms with Gasteiger partial charge in [-0.2, -0.15) is 11.8 Å². The second kappa shape index (κ2) is 6.33. The van der Waals surface area contributed by atoms with Crippen molar-refractivity contribution in [3.05, 3.63) is 0 Å². The number of thioether (sulfide) groups is 1. The molecular formula is C13H22ClNOS. The molecule has 2 nitrogen and oxygen atoms in total. The summed E-state index contributed by atoms with van der Waals surface area (Å²) in [5.41, 5.74) is 0.361. The maximum absolute atomic E-state index is 11.8. The van der Waals surface area contributed by atoms with Crippen molar-refractivity contribution < 1.29 is 4.79 Å². The van der Waals surface area contributed by atoms with E-state index in [0.717, 1.165) is 25.3 Å². The minimum absolute atomic E-state index is 0.253. The minimum Gasteiger partial charge on any atom is -0.356 e. The Labute approximate surface area is 113 Å². The SMILES string of the molecule is O=C(CC1CCSCC1)NCC1(CCCl)CC1. The molecule has 1 heterocycles. The van der Waals surface area contributed by atoms with E-state index in [9.17, 15) is 4.79 Å². The smallest absolute Gasteiger partial charge is 0.220 e. The molecular weight excluding hydrogens is 254 g/mol. The Morgan fingerprint density at radius 2 is 2.06 bits per heavy atom.